The topological polar surface area (TPSA) is 39.4 Å². The predicted octanol–water partition coefficient (Wildman–Crippen LogP) is 7.46. The number of hydrogen-bond acceptors (Lipinski definition) is 3. The van der Waals surface area contributed by atoms with E-state index in [4.69, 9.17) is 20.8 Å². The lowest BCUT2D eigenvalue weighted by molar-refractivity contribution is 0.415. The molecule has 0 amide bonds. The van der Waals surface area contributed by atoms with Crippen molar-refractivity contribution in [3.05, 3.63) is 112 Å². The lowest BCUT2D eigenvalue weighted by atomic mass is 9.92. The number of hydrogen-bond donors (Lipinski definition) is 0. The minimum atomic E-state index is -0.0810. The molecule has 0 aliphatic carbocycles. The molecule has 4 aromatic carbocycles. The van der Waals surface area contributed by atoms with Gasteiger partial charge in [-0.3, -0.25) is 4.79 Å². The maximum atomic E-state index is 13.1. The van der Waals surface area contributed by atoms with Crippen LogP contribution in [0.2, 0.25) is 5.02 Å². The zero-order valence-corrected chi connectivity index (χ0v) is 18.1. The SMILES string of the molecule is COc1ccc(-c2c(-c3ccc(Cl)cc3)ccc3c(=O)cc(-c4ccccc4)oc23)cc1. The van der Waals surface area contributed by atoms with E-state index in [1.165, 1.54) is 0 Å². The summed E-state index contributed by atoms with van der Waals surface area (Å²) in [4.78, 5) is 13.1. The summed E-state index contributed by atoms with van der Waals surface area (Å²) in [7, 11) is 1.64. The standard InChI is InChI=1S/C28H19ClO3/c1-31-22-13-9-20(10-14-22)27-23(18-7-11-21(29)12-8-18)15-16-24-25(30)17-26(32-28(24)27)19-5-3-2-4-6-19/h2-17H,1H3. The van der Waals surface area contributed by atoms with Gasteiger partial charge in [-0.2, -0.15) is 0 Å². The number of methoxy groups -OCH3 is 1. The Labute approximate surface area is 190 Å². The Balaban J connectivity index is 1.85. The lowest BCUT2D eigenvalue weighted by Gasteiger charge is -2.14. The van der Waals surface area contributed by atoms with Gasteiger partial charge in [-0.1, -0.05) is 72.3 Å². The summed E-state index contributed by atoms with van der Waals surface area (Å²) in [6.07, 6.45) is 0. The Morgan fingerprint density at radius 2 is 1.44 bits per heavy atom. The van der Waals surface area contributed by atoms with Crippen LogP contribution in [0.15, 0.2) is 106 Å². The summed E-state index contributed by atoms with van der Waals surface area (Å²) in [6.45, 7) is 0. The zero-order chi connectivity index (χ0) is 22.1. The third kappa shape index (κ3) is 3.68. The van der Waals surface area contributed by atoms with Crippen LogP contribution in [-0.2, 0) is 0 Å². The molecule has 3 nitrogen and oxygen atoms in total. The first kappa shape index (κ1) is 20.1. The van der Waals surface area contributed by atoms with E-state index >= 15 is 0 Å². The van der Waals surface area contributed by atoms with Crippen molar-refractivity contribution in [3.8, 4) is 39.3 Å². The van der Waals surface area contributed by atoms with Crippen LogP contribution in [0.3, 0.4) is 0 Å². The second-order valence-corrected chi connectivity index (χ2v) is 7.88. The maximum Gasteiger partial charge on any atom is 0.193 e. The molecule has 0 radical (unpaired) electrons. The molecular formula is C28H19ClO3. The molecule has 0 N–H and O–H groups in total. The normalized spacial score (nSPS) is 10.9. The summed E-state index contributed by atoms with van der Waals surface area (Å²) in [5, 5.41) is 1.20. The van der Waals surface area contributed by atoms with E-state index in [1.807, 2.05) is 91.0 Å². The summed E-state index contributed by atoms with van der Waals surface area (Å²) < 4.78 is 11.7. The van der Waals surface area contributed by atoms with Crippen molar-refractivity contribution in [2.24, 2.45) is 0 Å². The van der Waals surface area contributed by atoms with E-state index in [-0.39, 0.29) is 5.43 Å². The van der Waals surface area contributed by atoms with E-state index < -0.39 is 0 Å². The fourth-order valence-corrected chi connectivity index (χ4v) is 4.00. The van der Waals surface area contributed by atoms with E-state index in [0.29, 0.717) is 21.8 Å². The summed E-state index contributed by atoms with van der Waals surface area (Å²) in [5.74, 6) is 1.29. The number of halogens is 1. The minimum Gasteiger partial charge on any atom is -0.497 e. The fraction of sp³-hybridized carbons (Fsp3) is 0.0357. The molecule has 0 bridgehead atoms. The molecule has 32 heavy (non-hydrogen) atoms. The Bertz CT molecular complexity index is 1450. The molecule has 0 saturated heterocycles. The molecule has 0 saturated carbocycles. The van der Waals surface area contributed by atoms with Crippen LogP contribution >= 0.6 is 11.6 Å². The number of rotatable bonds is 4. The van der Waals surface area contributed by atoms with Crippen molar-refractivity contribution < 1.29 is 9.15 Å². The van der Waals surface area contributed by atoms with Gasteiger partial charge < -0.3 is 9.15 Å². The van der Waals surface area contributed by atoms with Gasteiger partial charge in [0.1, 0.15) is 17.1 Å². The fourth-order valence-electron chi connectivity index (χ4n) is 3.88. The van der Waals surface area contributed by atoms with Crippen molar-refractivity contribution in [2.45, 2.75) is 0 Å². The highest BCUT2D eigenvalue weighted by molar-refractivity contribution is 6.30. The van der Waals surface area contributed by atoms with Crippen molar-refractivity contribution in [3.63, 3.8) is 0 Å². The van der Waals surface area contributed by atoms with E-state index in [0.717, 1.165) is 33.6 Å². The smallest absolute Gasteiger partial charge is 0.193 e. The van der Waals surface area contributed by atoms with Gasteiger partial charge in [0.25, 0.3) is 0 Å². The summed E-state index contributed by atoms with van der Waals surface area (Å²) in [5.41, 5.74) is 5.03. The predicted molar refractivity (Wildman–Crippen MR) is 130 cm³/mol. The van der Waals surface area contributed by atoms with Crippen molar-refractivity contribution >= 4 is 22.6 Å². The minimum absolute atomic E-state index is 0.0810. The van der Waals surface area contributed by atoms with Gasteiger partial charge in [-0.25, -0.2) is 0 Å². The molecule has 0 aliphatic rings. The van der Waals surface area contributed by atoms with Crippen molar-refractivity contribution in [2.75, 3.05) is 7.11 Å². The summed E-state index contributed by atoms with van der Waals surface area (Å²) >= 11 is 6.12. The molecule has 0 unspecified atom stereocenters. The van der Waals surface area contributed by atoms with Gasteiger partial charge in [-0.05, 0) is 47.0 Å². The van der Waals surface area contributed by atoms with Crippen LogP contribution in [0.25, 0.3) is 44.5 Å². The Hall–Kier alpha value is -3.82. The Kier molecular flexibility index (Phi) is 5.26. The molecule has 0 spiro atoms. The van der Waals surface area contributed by atoms with Crippen LogP contribution in [0.4, 0.5) is 0 Å². The van der Waals surface area contributed by atoms with E-state index in [2.05, 4.69) is 0 Å². The van der Waals surface area contributed by atoms with E-state index in [1.54, 1.807) is 13.2 Å². The highest BCUT2D eigenvalue weighted by atomic mass is 35.5. The van der Waals surface area contributed by atoms with Crippen LogP contribution < -0.4 is 10.2 Å². The largest absolute Gasteiger partial charge is 0.497 e. The molecule has 0 atom stereocenters. The molecule has 1 heterocycles. The second kappa shape index (κ2) is 8.37. The molecule has 0 fully saturated rings. The van der Waals surface area contributed by atoms with Crippen LogP contribution in [0, 0.1) is 0 Å². The first-order valence-corrected chi connectivity index (χ1v) is 10.6. The van der Waals surface area contributed by atoms with Crippen LogP contribution in [0.1, 0.15) is 0 Å². The van der Waals surface area contributed by atoms with Crippen LogP contribution in [-0.4, -0.2) is 7.11 Å². The molecule has 5 rings (SSSR count). The maximum absolute atomic E-state index is 13.1. The molecule has 0 aliphatic heterocycles. The third-order valence-corrected chi connectivity index (χ3v) is 5.74. The number of benzene rings is 4. The van der Waals surface area contributed by atoms with Crippen molar-refractivity contribution in [1.29, 1.82) is 0 Å². The number of ether oxygens (including phenoxy) is 1. The first-order chi connectivity index (χ1) is 15.6. The van der Waals surface area contributed by atoms with Crippen molar-refractivity contribution in [1.82, 2.24) is 0 Å². The highest BCUT2D eigenvalue weighted by Gasteiger charge is 2.17. The van der Waals surface area contributed by atoms with Gasteiger partial charge in [-0.15, -0.1) is 0 Å². The lowest BCUT2D eigenvalue weighted by Crippen LogP contribution is -2.02. The van der Waals surface area contributed by atoms with Gasteiger partial charge in [0.15, 0.2) is 5.43 Å². The average molecular weight is 439 g/mol. The molecule has 1 aromatic heterocycles. The highest BCUT2D eigenvalue weighted by Crippen LogP contribution is 2.39. The van der Waals surface area contributed by atoms with Gasteiger partial charge >= 0.3 is 0 Å². The van der Waals surface area contributed by atoms with Gasteiger partial charge in [0.05, 0.1) is 12.5 Å². The Morgan fingerprint density at radius 1 is 0.750 bits per heavy atom. The second-order valence-electron chi connectivity index (χ2n) is 7.44. The third-order valence-electron chi connectivity index (χ3n) is 5.49. The molecule has 4 heteroatoms. The number of fused-ring (bicyclic) bond motifs is 1. The Morgan fingerprint density at radius 3 is 2.12 bits per heavy atom. The average Bonchev–Trinajstić information content (AvgIpc) is 2.84. The van der Waals surface area contributed by atoms with E-state index in [9.17, 15) is 4.79 Å². The quantitative estimate of drug-likeness (QED) is 0.292. The summed E-state index contributed by atoms with van der Waals surface area (Å²) in [6, 6.07) is 30.4. The van der Waals surface area contributed by atoms with Crippen LogP contribution in [0.5, 0.6) is 5.75 Å². The van der Waals surface area contributed by atoms with Gasteiger partial charge in [0, 0.05) is 22.2 Å². The molecular weight excluding hydrogens is 420 g/mol. The first-order valence-electron chi connectivity index (χ1n) is 10.2. The molecule has 5 aromatic rings. The zero-order valence-electron chi connectivity index (χ0n) is 17.3. The monoisotopic (exact) mass is 438 g/mol. The molecule has 156 valence electrons. The van der Waals surface area contributed by atoms with Gasteiger partial charge in [0.2, 0.25) is 0 Å².